The molecule has 0 spiro atoms. The van der Waals surface area contributed by atoms with Crippen molar-refractivity contribution in [2.45, 2.75) is 6.61 Å². The Hall–Kier alpha value is -2.56. The molecule has 0 bridgehead atoms. The molecule has 0 aliphatic carbocycles. The van der Waals surface area contributed by atoms with Crippen LogP contribution in [0.3, 0.4) is 0 Å². The fourth-order valence-electron chi connectivity index (χ4n) is 1.59. The Labute approximate surface area is 110 Å². The number of rotatable bonds is 5. The second kappa shape index (κ2) is 5.86. The van der Waals surface area contributed by atoms with E-state index in [4.69, 9.17) is 9.47 Å². The van der Waals surface area contributed by atoms with Crippen LogP contribution in [0.15, 0.2) is 48.5 Å². The van der Waals surface area contributed by atoms with E-state index in [1.165, 1.54) is 12.1 Å². The van der Waals surface area contributed by atoms with Crippen LogP contribution in [-0.2, 0) is 6.61 Å². The molecule has 2 aromatic carbocycles. The van der Waals surface area contributed by atoms with Crippen LogP contribution < -0.4 is 9.47 Å². The summed E-state index contributed by atoms with van der Waals surface area (Å²) in [6.45, 7) is 0.384. The molecule has 0 aliphatic rings. The van der Waals surface area contributed by atoms with Gasteiger partial charge in [-0.2, -0.15) is 0 Å². The molecule has 0 saturated carbocycles. The number of methoxy groups -OCH3 is 1. The van der Waals surface area contributed by atoms with Gasteiger partial charge in [0.15, 0.2) is 0 Å². The van der Waals surface area contributed by atoms with Gasteiger partial charge in [0.05, 0.1) is 12.0 Å². The number of nitrogens with zero attached hydrogens (tertiary/aromatic N) is 1. The number of nitro benzene ring substituents is 1. The van der Waals surface area contributed by atoms with Crippen molar-refractivity contribution in [1.29, 1.82) is 0 Å². The van der Waals surface area contributed by atoms with Crippen LogP contribution in [-0.4, -0.2) is 12.0 Å². The predicted octanol–water partition coefficient (Wildman–Crippen LogP) is 3.18. The smallest absolute Gasteiger partial charge is 0.269 e. The largest absolute Gasteiger partial charge is 0.497 e. The Bertz CT molecular complexity index is 566. The standard InChI is InChI=1S/C14H13NO4/c1-18-14-4-2-3-11(9-14)10-19-13-7-5-12(6-8-13)15(16)17/h2-9H,10H2,1H3. The Kier molecular flexibility index (Phi) is 3.97. The molecule has 0 unspecified atom stereocenters. The average molecular weight is 259 g/mol. The summed E-state index contributed by atoms with van der Waals surface area (Å²) in [6, 6.07) is 13.5. The number of hydrogen-bond acceptors (Lipinski definition) is 4. The molecular formula is C14H13NO4. The number of non-ortho nitro benzene ring substituents is 1. The van der Waals surface area contributed by atoms with Gasteiger partial charge in [-0.1, -0.05) is 12.1 Å². The van der Waals surface area contributed by atoms with Gasteiger partial charge in [-0.3, -0.25) is 10.1 Å². The topological polar surface area (TPSA) is 61.6 Å². The molecule has 0 N–H and O–H groups in total. The van der Waals surface area contributed by atoms with E-state index < -0.39 is 4.92 Å². The fourth-order valence-corrected chi connectivity index (χ4v) is 1.59. The quantitative estimate of drug-likeness (QED) is 0.611. The van der Waals surface area contributed by atoms with Gasteiger partial charge in [0, 0.05) is 12.1 Å². The van der Waals surface area contributed by atoms with Gasteiger partial charge in [-0.15, -0.1) is 0 Å². The van der Waals surface area contributed by atoms with Crippen LogP contribution in [0.4, 0.5) is 5.69 Å². The summed E-state index contributed by atoms with van der Waals surface area (Å²) in [5.41, 5.74) is 1.02. The molecule has 0 heterocycles. The average Bonchev–Trinajstić information content (AvgIpc) is 2.46. The lowest BCUT2D eigenvalue weighted by Gasteiger charge is -2.07. The lowest BCUT2D eigenvalue weighted by atomic mass is 10.2. The summed E-state index contributed by atoms with van der Waals surface area (Å²) in [5.74, 6) is 1.36. The van der Waals surface area contributed by atoms with E-state index in [2.05, 4.69) is 0 Å². The summed E-state index contributed by atoms with van der Waals surface area (Å²) < 4.78 is 10.7. The molecule has 0 fully saturated rings. The van der Waals surface area contributed by atoms with Crippen molar-refractivity contribution in [3.63, 3.8) is 0 Å². The van der Waals surface area contributed by atoms with E-state index >= 15 is 0 Å². The van der Waals surface area contributed by atoms with Gasteiger partial charge in [-0.25, -0.2) is 0 Å². The Morgan fingerprint density at radius 1 is 1.11 bits per heavy atom. The molecule has 0 amide bonds. The van der Waals surface area contributed by atoms with Crippen LogP contribution in [0, 0.1) is 10.1 Å². The van der Waals surface area contributed by atoms with Crippen LogP contribution in [0.2, 0.25) is 0 Å². The second-order valence-corrected chi connectivity index (χ2v) is 3.89. The Morgan fingerprint density at radius 2 is 1.84 bits per heavy atom. The van der Waals surface area contributed by atoms with Gasteiger partial charge in [0.2, 0.25) is 0 Å². The molecular weight excluding hydrogens is 246 g/mol. The minimum absolute atomic E-state index is 0.0498. The molecule has 2 aromatic rings. The van der Waals surface area contributed by atoms with Crippen molar-refractivity contribution < 1.29 is 14.4 Å². The van der Waals surface area contributed by atoms with Crippen LogP contribution in [0.25, 0.3) is 0 Å². The summed E-state index contributed by atoms with van der Waals surface area (Å²) in [6.07, 6.45) is 0. The summed E-state index contributed by atoms with van der Waals surface area (Å²) in [5, 5.41) is 10.5. The minimum Gasteiger partial charge on any atom is -0.497 e. The first-order valence-corrected chi connectivity index (χ1v) is 5.69. The molecule has 0 saturated heterocycles. The minimum atomic E-state index is -0.439. The van der Waals surface area contributed by atoms with Crippen molar-refractivity contribution in [2.75, 3.05) is 7.11 Å². The predicted molar refractivity (Wildman–Crippen MR) is 70.4 cm³/mol. The highest BCUT2D eigenvalue weighted by Crippen LogP contribution is 2.19. The number of nitro groups is 1. The Morgan fingerprint density at radius 3 is 2.47 bits per heavy atom. The highest BCUT2D eigenvalue weighted by Gasteiger charge is 2.04. The van der Waals surface area contributed by atoms with E-state index in [9.17, 15) is 10.1 Å². The van der Waals surface area contributed by atoms with Gasteiger partial charge in [0.1, 0.15) is 18.1 Å². The first-order valence-electron chi connectivity index (χ1n) is 5.69. The van der Waals surface area contributed by atoms with Gasteiger partial charge >= 0.3 is 0 Å². The summed E-state index contributed by atoms with van der Waals surface area (Å²) >= 11 is 0. The molecule has 0 aromatic heterocycles. The monoisotopic (exact) mass is 259 g/mol. The SMILES string of the molecule is COc1cccc(COc2ccc([N+](=O)[O-])cc2)c1. The van der Waals surface area contributed by atoms with Crippen molar-refractivity contribution in [3.05, 3.63) is 64.2 Å². The Balaban J connectivity index is 1.99. The van der Waals surface area contributed by atoms with Crippen molar-refractivity contribution in [2.24, 2.45) is 0 Å². The normalized spacial score (nSPS) is 9.95. The summed E-state index contributed by atoms with van der Waals surface area (Å²) in [4.78, 5) is 10.1. The molecule has 0 aliphatic heterocycles. The molecule has 0 radical (unpaired) electrons. The van der Waals surface area contributed by atoms with E-state index in [1.54, 1.807) is 19.2 Å². The molecule has 5 heteroatoms. The molecule has 2 rings (SSSR count). The maximum atomic E-state index is 10.5. The first-order chi connectivity index (χ1) is 9.19. The van der Waals surface area contributed by atoms with E-state index in [0.717, 1.165) is 11.3 Å². The number of benzene rings is 2. The van der Waals surface area contributed by atoms with Gasteiger partial charge < -0.3 is 9.47 Å². The lowest BCUT2D eigenvalue weighted by molar-refractivity contribution is -0.384. The molecule has 5 nitrogen and oxygen atoms in total. The fraction of sp³-hybridized carbons (Fsp3) is 0.143. The highest BCUT2D eigenvalue weighted by atomic mass is 16.6. The van der Waals surface area contributed by atoms with Crippen molar-refractivity contribution in [1.82, 2.24) is 0 Å². The van der Waals surface area contributed by atoms with Crippen LogP contribution in [0.5, 0.6) is 11.5 Å². The third kappa shape index (κ3) is 3.45. The first kappa shape index (κ1) is 12.9. The lowest BCUT2D eigenvalue weighted by Crippen LogP contribution is -1.96. The van der Waals surface area contributed by atoms with Gasteiger partial charge in [0.25, 0.3) is 5.69 Å². The summed E-state index contributed by atoms with van der Waals surface area (Å²) in [7, 11) is 1.61. The zero-order valence-electron chi connectivity index (χ0n) is 10.4. The van der Waals surface area contributed by atoms with E-state index in [-0.39, 0.29) is 5.69 Å². The third-order valence-corrected chi connectivity index (χ3v) is 2.59. The maximum Gasteiger partial charge on any atom is 0.269 e. The zero-order chi connectivity index (χ0) is 13.7. The third-order valence-electron chi connectivity index (χ3n) is 2.59. The van der Waals surface area contributed by atoms with E-state index in [1.807, 2.05) is 24.3 Å². The molecule has 0 atom stereocenters. The van der Waals surface area contributed by atoms with Crippen molar-refractivity contribution >= 4 is 5.69 Å². The van der Waals surface area contributed by atoms with E-state index in [0.29, 0.717) is 12.4 Å². The maximum absolute atomic E-state index is 10.5. The second-order valence-electron chi connectivity index (χ2n) is 3.89. The van der Waals surface area contributed by atoms with Crippen LogP contribution in [0.1, 0.15) is 5.56 Å². The number of ether oxygens (including phenoxy) is 2. The molecule has 19 heavy (non-hydrogen) atoms. The van der Waals surface area contributed by atoms with Crippen LogP contribution >= 0.6 is 0 Å². The van der Waals surface area contributed by atoms with Crippen molar-refractivity contribution in [3.8, 4) is 11.5 Å². The number of hydrogen-bond donors (Lipinski definition) is 0. The molecule has 98 valence electrons. The highest BCUT2D eigenvalue weighted by molar-refractivity contribution is 5.36. The zero-order valence-corrected chi connectivity index (χ0v) is 10.4. The van der Waals surface area contributed by atoms with Gasteiger partial charge in [-0.05, 0) is 29.8 Å².